The van der Waals surface area contributed by atoms with Crippen molar-refractivity contribution in [2.75, 3.05) is 0 Å². The first kappa shape index (κ1) is 24.2. The molecule has 0 aliphatic carbocycles. The molecule has 0 unspecified atom stereocenters. The second kappa shape index (κ2) is 7.20. The van der Waals surface area contributed by atoms with Crippen LogP contribution in [0, 0.1) is 0 Å². The molecule has 0 atom stereocenters. The molecule has 1 heterocycles. The van der Waals surface area contributed by atoms with Crippen molar-refractivity contribution in [2.24, 2.45) is 0 Å². The summed E-state index contributed by atoms with van der Waals surface area (Å²) in [6, 6.07) is 0. The third-order valence-electron chi connectivity index (χ3n) is 6.53. The van der Waals surface area contributed by atoms with Gasteiger partial charge in [0.25, 0.3) is 0 Å². The summed E-state index contributed by atoms with van der Waals surface area (Å²) in [6.45, 7) is 37.8. The Labute approximate surface area is 167 Å². The second-order valence-electron chi connectivity index (χ2n) is 13.5. The molecule has 0 aromatic heterocycles. The summed E-state index contributed by atoms with van der Waals surface area (Å²) >= 11 is -2.07. The Morgan fingerprint density at radius 3 is 0.880 bits per heavy atom. The molecule has 1 aliphatic rings. The normalized spacial score (nSPS) is 20.2. The molecule has 25 heavy (non-hydrogen) atoms. The average molecular weight is 474 g/mol. The van der Waals surface area contributed by atoms with Crippen LogP contribution >= 0.6 is 0 Å². The van der Waals surface area contributed by atoms with Crippen molar-refractivity contribution in [3.05, 3.63) is 11.1 Å². The molecule has 0 N–H and O–H groups in total. The molecule has 0 nitrogen and oxygen atoms in total. The molecule has 148 valence electrons. The molecular weight excluding hydrogens is 425 g/mol. The molecule has 0 saturated carbocycles. The zero-order valence-corrected chi connectivity index (χ0v) is 26.2. The molecule has 1 aliphatic heterocycles. The molecule has 5 heteroatoms. The summed E-state index contributed by atoms with van der Waals surface area (Å²) in [7, 11) is -4.70. The third kappa shape index (κ3) is 5.15. The number of allylic oxidation sites excluding steroid dienone is 2. The summed E-state index contributed by atoms with van der Waals surface area (Å²) in [4.78, 5) is 0. The minimum atomic E-state index is -2.07. The van der Waals surface area contributed by atoms with Crippen LogP contribution in [0.2, 0.25) is 97.1 Å². The number of hydrogen-bond acceptors (Lipinski definition) is 0. The first-order valence-corrected chi connectivity index (χ1v) is 30.1. The van der Waals surface area contributed by atoms with E-state index in [1.54, 1.807) is 10.5 Å². The van der Waals surface area contributed by atoms with Gasteiger partial charge in [-0.3, -0.25) is 0 Å². The van der Waals surface area contributed by atoms with E-state index >= 15 is 0 Å². The SMILES string of the molecule is CC1=C(C)[CH2][Ge]([CH]([Si](C)(C)C)[Si](C)(C)C)([CH]([Si](C)(C)C)[Si](C)(C)C)[CH2]1. The Balaban J connectivity index is 3.79. The van der Waals surface area contributed by atoms with Crippen molar-refractivity contribution in [3.8, 4) is 0 Å². The van der Waals surface area contributed by atoms with Gasteiger partial charge in [-0.25, -0.2) is 0 Å². The molecule has 0 fully saturated rings. The molecule has 1 rings (SSSR count). The van der Waals surface area contributed by atoms with Crippen LogP contribution < -0.4 is 0 Å². The van der Waals surface area contributed by atoms with Gasteiger partial charge in [0.2, 0.25) is 0 Å². The van der Waals surface area contributed by atoms with Gasteiger partial charge in [0, 0.05) is 0 Å². The second-order valence-corrected chi connectivity index (χ2v) is 49.8. The Morgan fingerprint density at radius 1 is 0.520 bits per heavy atom. The van der Waals surface area contributed by atoms with Crippen molar-refractivity contribution in [2.45, 2.75) is 111 Å². The van der Waals surface area contributed by atoms with Crippen molar-refractivity contribution >= 4 is 45.6 Å². The topological polar surface area (TPSA) is 0 Å². The first-order chi connectivity index (χ1) is 10.7. The Bertz CT molecular complexity index is 448. The predicted octanol–water partition coefficient (Wildman–Crippen LogP) is 8.04. The molecule has 0 aromatic carbocycles. The molecule has 0 saturated heterocycles. The van der Waals surface area contributed by atoms with Gasteiger partial charge in [0.15, 0.2) is 0 Å². The maximum atomic E-state index is 2.73. The van der Waals surface area contributed by atoms with Crippen molar-refractivity contribution in [1.29, 1.82) is 0 Å². The zero-order chi connectivity index (χ0) is 20.2. The van der Waals surface area contributed by atoms with Crippen LogP contribution in [0.4, 0.5) is 0 Å². The average Bonchev–Trinajstić information content (AvgIpc) is 2.43. The van der Waals surface area contributed by atoms with E-state index in [0.717, 1.165) is 0 Å². The van der Waals surface area contributed by atoms with Crippen LogP contribution in [0.1, 0.15) is 13.8 Å². The minimum absolute atomic E-state index is 1.18. The van der Waals surface area contributed by atoms with Crippen LogP contribution in [0.25, 0.3) is 0 Å². The van der Waals surface area contributed by atoms with Gasteiger partial charge in [-0.1, -0.05) is 0 Å². The van der Waals surface area contributed by atoms with Crippen molar-refractivity contribution < 1.29 is 0 Å². The van der Waals surface area contributed by atoms with Gasteiger partial charge in [0.05, 0.1) is 0 Å². The quantitative estimate of drug-likeness (QED) is 0.271. The van der Waals surface area contributed by atoms with E-state index in [-0.39, 0.29) is 0 Å². The van der Waals surface area contributed by atoms with E-state index in [0.29, 0.717) is 0 Å². The van der Waals surface area contributed by atoms with Crippen LogP contribution in [0.3, 0.4) is 0 Å². The maximum absolute atomic E-state index is 2.73. The van der Waals surface area contributed by atoms with E-state index in [1.807, 2.05) is 11.1 Å². The zero-order valence-electron chi connectivity index (χ0n) is 20.1. The van der Waals surface area contributed by atoms with Crippen LogP contribution in [0.15, 0.2) is 11.1 Å². The van der Waals surface area contributed by atoms with Crippen molar-refractivity contribution in [1.82, 2.24) is 0 Å². The van der Waals surface area contributed by atoms with Gasteiger partial charge >= 0.3 is 168 Å². The van der Waals surface area contributed by atoms with E-state index in [9.17, 15) is 0 Å². The van der Waals surface area contributed by atoms with E-state index in [4.69, 9.17) is 0 Å². The Morgan fingerprint density at radius 2 is 0.720 bits per heavy atom. The Kier molecular flexibility index (Phi) is 6.96. The molecule has 0 bridgehead atoms. The van der Waals surface area contributed by atoms with E-state index in [1.165, 1.54) is 7.99 Å². The molecule has 0 radical (unpaired) electrons. The fourth-order valence-electron chi connectivity index (χ4n) is 7.97. The van der Waals surface area contributed by atoms with Crippen molar-refractivity contribution in [3.63, 3.8) is 0 Å². The fourth-order valence-corrected chi connectivity index (χ4v) is 98.3. The fraction of sp³-hybridized carbons (Fsp3) is 0.900. The van der Waals surface area contributed by atoms with Crippen LogP contribution in [-0.4, -0.2) is 45.6 Å². The number of hydrogen-bond donors (Lipinski definition) is 0. The van der Waals surface area contributed by atoms with Gasteiger partial charge in [-0.05, 0) is 0 Å². The standard InChI is InChI=1S/C20H48GeSi4/c1-17-15-21(16-18(17)2,19(22(3,4)5)23(6,7)8)20(24(9,10)11)25(12,13)14/h19-20H,15-16H2,1-14H3. The summed E-state index contributed by atoms with van der Waals surface area (Å²) in [5.41, 5.74) is 3.64. The molecule has 0 spiro atoms. The predicted molar refractivity (Wildman–Crippen MR) is 135 cm³/mol. The summed E-state index contributed by atoms with van der Waals surface area (Å²) in [5, 5.41) is 3.20. The van der Waals surface area contributed by atoms with Gasteiger partial charge in [-0.2, -0.15) is 0 Å². The van der Waals surface area contributed by atoms with E-state index < -0.39 is 45.6 Å². The molecule has 0 amide bonds. The molecule has 0 aromatic rings. The summed E-state index contributed by atoms with van der Waals surface area (Å²) < 4.78 is 2.41. The van der Waals surface area contributed by atoms with Gasteiger partial charge in [0.1, 0.15) is 0 Å². The summed E-state index contributed by atoms with van der Waals surface area (Å²) in [6.07, 6.45) is 0. The number of rotatable bonds is 6. The first-order valence-electron chi connectivity index (χ1n) is 10.4. The summed E-state index contributed by atoms with van der Waals surface area (Å²) in [5.74, 6) is 0. The van der Waals surface area contributed by atoms with Crippen LogP contribution in [0.5, 0.6) is 0 Å². The molecular formula is C20H48GeSi4. The Hall–Kier alpha value is 1.15. The van der Waals surface area contributed by atoms with Gasteiger partial charge in [-0.15, -0.1) is 0 Å². The third-order valence-corrected chi connectivity index (χ3v) is 67.4. The van der Waals surface area contributed by atoms with E-state index in [2.05, 4.69) is 92.4 Å². The van der Waals surface area contributed by atoms with Gasteiger partial charge < -0.3 is 0 Å². The van der Waals surface area contributed by atoms with Crippen LogP contribution in [-0.2, 0) is 0 Å². The monoisotopic (exact) mass is 474 g/mol.